The summed E-state index contributed by atoms with van der Waals surface area (Å²) in [5, 5.41) is 3.08. The highest BCUT2D eigenvalue weighted by Crippen LogP contribution is 2.35. The highest BCUT2D eigenvalue weighted by Gasteiger charge is 2.33. The monoisotopic (exact) mass is 470 g/mol. The van der Waals surface area contributed by atoms with E-state index in [4.69, 9.17) is 9.47 Å². The van der Waals surface area contributed by atoms with Crippen LogP contribution in [0.4, 0.5) is 5.69 Å². The molecular weight excluding hydrogens is 440 g/mol. The maximum absolute atomic E-state index is 13.0. The first-order chi connectivity index (χ1) is 17.2. The summed E-state index contributed by atoms with van der Waals surface area (Å²) in [5.41, 5.74) is 2.84. The number of para-hydroxylation sites is 1. The van der Waals surface area contributed by atoms with E-state index in [1.807, 2.05) is 71.6 Å². The van der Waals surface area contributed by atoms with Gasteiger partial charge in [-0.15, -0.1) is 0 Å². The van der Waals surface area contributed by atoms with Gasteiger partial charge in [0.15, 0.2) is 6.61 Å². The van der Waals surface area contributed by atoms with Gasteiger partial charge in [-0.1, -0.05) is 54.6 Å². The number of benzene rings is 3. The second kappa shape index (κ2) is 10.6. The molecule has 2 aliphatic heterocycles. The molecule has 0 saturated carbocycles. The molecule has 3 aromatic carbocycles. The van der Waals surface area contributed by atoms with Crippen molar-refractivity contribution in [2.45, 2.75) is 19.3 Å². The number of likely N-dealkylation sites (tertiary alicyclic amines) is 1. The lowest BCUT2D eigenvalue weighted by molar-refractivity contribution is -0.136. The van der Waals surface area contributed by atoms with E-state index in [0.29, 0.717) is 43.3 Å². The maximum Gasteiger partial charge on any atom is 0.260 e. The van der Waals surface area contributed by atoms with Gasteiger partial charge >= 0.3 is 0 Å². The summed E-state index contributed by atoms with van der Waals surface area (Å²) in [6.07, 6.45) is 2.04. The fraction of sp³-hybridized carbons (Fsp3) is 0.310. The van der Waals surface area contributed by atoms with E-state index in [1.165, 1.54) is 0 Å². The number of hydrogen-bond donors (Lipinski definition) is 1. The average Bonchev–Trinajstić information content (AvgIpc) is 2.90. The Morgan fingerprint density at radius 3 is 2.51 bits per heavy atom. The smallest absolute Gasteiger partial charge is 0.260 e. The highest BCUT2D eigenvalue weighted by molar-refractivity contribution is 5.93. The van der Waals surface area contributed by atoms with E-state index in [0.717, 1.165) is 24.0 Å². The van der Waals surface area contributed by atoms with E-state index >= 15 is 0 Å². The number of fused-ring (bicyclic) bond motifs is 2. The molecule has 2 amide bonds. The number of amides is 2. The van der Waals surface area contributed by atoms with Gasteiger partial charge in [0.2, 0.25) is 5.91 Å². The maximum atomic E-state index is 13.0. The predicted molar refractivity (Wildman–Crippen MR) is 135 cm³/mol. The van der Waals surface area contributed by atoms with Crippen LogP contribution in [0.1, 0.15) is 19.3 Å². The van der Waals surface area contributed by atoms with Gasteiger partial charge in [-0.3, -0.25) is 9.59 Å². The lowest BCUT2D eigenvalue weighted by Crippen LogP contribution is -2.46. The number of nitrogens with one attached hydrogen (secondary N) is 1. The predicted octanol–water partition coefficient (Wildman–Crippen LogP) is 5.01. The summed E-state index contributed by atoms with van der Waals surface area (Å²) in [7, 11) is 0. The molecule has 1 N–H and O–H groups in total. The van der Waals surface area contributed by atoms with Crippen LogP contribution in [0.25, 0.3) is 11.1 Å². The molecule has 6 heteroatoms. The third-order valence-electron chi connectivity index (χ3n) is 6.90. The van der Waals surface area contributed by atoms with Crippen LogP contribution >= 0.6 is 0 Å². The van der Waals surface area contributed by atoms with E-state index in [9.17, 15) is 9.59 Å². The van der Waals surface area contributed by atoms with Gasteiger partial charge in [0.05, 0.1) is 12.3 Å². The molecule has 2 atom stereocenters. The molecule has 35 heavy (non-hydrogen) atoms. The number of hydrogen-bond acceptors (Lipinski definition) is 4. The first-order valence-corrected chi connectivity index (χ1v) is 12.2. The van der Waals surface area contributed by atoms with Crippen molar-refractivity contribution in [1.82, 2.24) is 4.90 Å². The van der Waals surface area contributed by atoms with Gasteiger partial charge < -0.3 is 19.7 Å². The fourth-order valence-corrected chi connectivity index (χ4v) is 4.98. The van der Waals surface area contributed by atoms with Gasteiger partial charge in [0.25, 0.3) is 5.91 Å². The normalized spacial score (nSPS) is 20.0. The number of carbonyl (C=O) groups is 2. The molecule has 0 unspecified atom stereocenters. The van der Waals surface area contributed by atoms with Crippen molar-refractivity contribution in [3.05, 3.63) is 78.9 Å². The van der Waals surface area contributed by atoms with E-state index < -0.39 is 0 Å². The molecule has 6 nitrogen and oxygen atoms in total. The summed E-state index contributed by atoms with van der Waals surface area (Å²) in [5.74, 6) is 1.76. The lowest BCUT2D eigenvalue weighted by atomic mass is 9.81. The summed E-state index contributed by atoms with van der Waals surface area (Å²) in [6, 6.07) is 25.4. The Morgan fingerprint density at radius 2 is 1.71 bits per heavy atom. The van der Waals surface area contributed by atoms with Crippen LogP contribution in [0.2, 0.25) is 0 Å². The number of piperidine rings is 1. The molecule has 0 radical (unpaired) electrons. The van der Waals surface area contributed by atoms with Crippen molar-refractivity contribution in [1.29, 1.82) is 0 Å². The van der Waals surface area contributed by atoms with Crippen molar-refractivity contribution >= 4 is 17.5 Å². The van der Waals surface area contributed by atoms with E-state index in [-0.39, 0.29) is 30.3 Å². The van der Waals surface area contributed by atoms with Crippen LogP contribution in [0.5, 0.6) is 11.5 Å². The summed E-state index contributed by atoms with van der Waals surface area (Å²) >= 11 is 0. The Hall–Kier alpha value is -3.80. The first-order valence-electron chi connectivity index (χ1n) is 12.2. The van der Waals surface area contributed by atoms with Gasteiger partial charge in [-0.2, -0.15) is 0 Å². The zero-order valence-electron chi connectivity index (χ0n) is 19.7. The Bertz CT molecular complexity index is 1170. The van der Waals surface area contributed by atoms with Crippen LogP contribution in [-0.2, 0) is 9.59 Å². The molecule has 5 rings (SSSR count). The highest BCUT2D eigenvalue weighted by atomic mass is 16.5. The van der Waals surface area contributed by atoms with Gasteiger partial charge in [-0.25, -0.2) is 0 Å². The quantitative estimate of drug-likeness (QED) is 0.582. The Labute approximate surface area is 205 Å². The summed E-state index contributed by atoms with van der Waals surface area (Å²) in [6.45, 7) is 1.83. The zero-order valence-corrected chi connectivity index (χ0v) is 19.7. The first kappa shape index (κ1) is 23.0. The van der Waals surface area contributed by atoms with Crippen molar-refractivity contribution in [2.24, 2.45) is 11.8 Å². The number of carbonyl (C=O) groups excluding carboxylic acids is 2. The van der Waals surface area contributed by atoms with Crippen molar-refractivity contribution in [2.75, 3.05) is 31.6 Å². The number of rotatable bonds is 4. The van der Waals surface area contributed by atoms with Crippen LogP contribution in [0, 0.1) is 11.8 Å². The van der Waals surface area contributed by atoms with Gasteiger partial charge in [0, 0.05) is 19.5 Å². The van der Waals surface area contributed by atoms with Crippen LogP contribution in [-0.4, -0.2) is 43.0 Å². The SMILES string of the molecule is O=C1C[C@@H]2CCN(C(=O)COc3ccccc3)C[C@@H]2CCOc2ccc(-c3ccccc3)cc2N1. The second-order valence-corrected chi connectivity index (χ2v) is 9.22. The molecule has 0 aliphatic carbocycles. The van der Waals surface area contributed by atoms with Crippen LogP contribution < -0.4 is 14.8 Å². The van der Waals surface area contributed by atoms with E-state index in [2.05, 4.69) is 17.4 Å². The minimum atomic E-state index is -0.0199. The van der Waals surface area contributed by atoms with E-state index in [1.54, 1.807) is 0 Å². The topological polar surface area (TPSA) is 67.9 Å². The van der Waals surface area contributed by atoms with Crippen molar-refractivity contribution < 1.29 is 19.1 Å². The molecule has 0 aromatic heterocycles. The minimum absolute atomic E-state index is 0.0100. The standard InChI is InChI=1S/C29H30N2O4/c32-28-18-23-13-15-31(29(33)20-35-25-9-5-2-6-10-25)19-24(23)14-16-34-27-12-11-22(17-26(27)30-28)21-7-3-1-4-8-21/h1-12,17,23-24H,13-16,18-20H2,(H,30,32)/t23-,24-/m0/s1. The zero-order chi connectivity index (χ0) is 24.0. The van der Waals surface area contributed by atoms with Crippen LogP contribution in [0.3, 0.4) is 0 Å². The minimum Gasteiger partial charge on any atom is -0.491 e. The Balaban J connectivity index is 1.24. The molecule has 180 valence electrons. The summed E-state index contributed by atoms with van der Waals surface area (Å²) < 4.78 is 11.8. The second-order valence-electron chi connectivity index (χ2n) is 9.22. The molecular formula is C29H30N2O4. The Kier molecular flexibility index (Phi) is 6.98. The van der Waals surface area contributed by atoms with Crippen molar-refractivity contribution in [3.8, 4) is 22.6 Å². The summed E-state index contributed by atoms with van der Waals surface area (Å²) in [4.78, 5) is 27.6. The third-order valence-corrected chi connectivity index (χ3v) is 6.90. The number of ether oxygens (including phenoxy) is 2. The molecule has 2 heterocycles. The van der Waals surface area contributed by atoms with Gasteiger partial charge in [0.1, 0.15) is 11.5 Å². The Morgan fingerprint density at radius 1 is 0.943 bits per heavy atom. The molecule has 0 spiro atoms. The fourth-order valence-electron chi connectivity index (χ4n) is 4.98. The lowest BCUT2D eigenvalue weighted by Gasteiger charge is -2.39. The van der Waals surface area contributed by atoms with Gasteiger partial charge in [-0.05, 0) is 60.1 Å². The largest absolute Gasteiger partial charge is 0.491 e. The molecule has 3 aromatic rings. The molecule has 0 bridgehead atoms. The average molecular weight is 471 g/mol. The molecule has 1 saturated heterocycles. The number of nitrogens with zero attached hydrogens (tertiary/aromatic N) is 1. The van der Waals surface area contributed by atoms with Crippen molar-refractivity contribution in [3.63, 3.8) is 0 Å². The molecule has 2 aliphatic rings. The molecule has 1 fully saturated rings. The third kappa shape index (κ3) is 5.65. The van der Waals surface area contributed by atoms with Crippen LogP contribution in [0.15, 0.2) is 78.9 Å². The number of anilines is 1.